The van der Waals surface area contributed by atoms with Crippen LogP contribution in [0.3, 0.4) is 0 Å². The van der Waals surface area contributed by atoms with Gasteiger partial charge in [-0.05, 0) is 30.0 Å². The van der Waals surface area contributed by atoms with Gasteiger partial charge >= 0.3 is 0 Å². The highest BCUT2D eigenvalue weighted by Gasteiger charge is 2.38. The van der Waals surface area contributed by atoms with Crippen LogP contribution in [0.2, 0.25) is 0 Å². The van der Waals surface area contributed by atoms with E-state index in [9.17, 15) is 0 Å². The maximum absolute atomic E-state index is 5.22. The minimum Gasteiger partial charge on any atom is -0.479 e. The van der Waals surface area contributed by atoms with Gasteiger partial charge in [0.2, 0.25) is 0 Å². The summed E-state index contributed by atoms with van der Waals surface area (Å²) in [5.74, 6) is 1.33. The summed E-state index contributed by atoms with van der Waals surface area (Å²) < 4.78 is 10.2. The zero-order valence-electron chi connectivity index (χ0n) is 11.1. The first-order valence-electron chi connectivity index (χ1n) is 6.62. The fourth-order valence-corrected chi connectivity index (χ4v) is 2.58. The molecular formula is C15H18N2O2. The van der Waals surface area contributed by atoms with Crippen molar-refractivity contribution in [2.75, 3.05) is 7.11 Å². The summed E-state index contributed by atoms with van der Waals surface area (Å²) in [6.45, 7) is 0.672. The second kappa shape index (κ2) is 5.05. The molecule has 4 nitrogen and oxygen atoms in total. The molecule has 0 bridgehead atoms. The number of hydrogen-bond acceptors (Lipinski definition) is 4. The Hall–Kier alpha value is -1.81. The molecule has 0 amide bonds. The molecule has 0 atom stereocenters. The number of rotatable bonds is 5. The normalized spacial score (nSPS) is 16.9. The third-order valence-electron chi connectivity index (χ3n) is 3.88. The summed E-state index contributed by atoms with van der Waals surface area (Å²) in [5, 5.41) is 7.43. The van der Waals surface area contributed by atoms with Crippen LogP contribution in [0.1, 0.15) is 30.6 Å². The fourth-order valence-electron chi connectivity index (χ4n) is 2.58. The third-order valence-corrected chi connectivity index (χ3v) is 3.88. The van der Waals surface area contributed by atoms with Gasteiger partial charge in [-0.1, -0.05) is 30.3 Å². The number of nitrogens with zero attached hydrogens (tertiary/aromatic N) is 1. The summed E-state index contributed by atoms with van der Waals surface area (Å²) >= 11 is 0. The average molecular weight is 258 g/mol. The average Bonchev–Trinajstić information content (AvgIpc) is 2.87. The van der Waals surface area contributed by atoms with Gasteiger partial charge in [0.05, 0.1) is 13.7 Å². The van der Waals surface area contributed by atoms with Crippen LogP contribution in [0.15, 0.2) is 40.9 Å². The topological polar surface area (TPSA) is 47.3 Å². The van der Waals surface area contributed by atoms with Crippen molar-refractivity contribution in [3.8, 4) is 5.88 Å². The van der Waals surface area contributed by atoms with Crippen LogP contribution < -0.4 is 10.1 Å². The van der Waals surface area contributed by atoms with Crippen molar-refractivity contribution >= 4 is 0 Å². The molecule has 100 valence electrons. The molecule has 1 fully saturated rings. The lowest BCUT2D eigenvalue weighted by atomic mass is 9.72. The molecule has 4 heteroatoms. The van der Waals surface area contributed by atoms with Crippen LogP contribution in [0, 0.1) is 0 Å². The predicted molar refractivity (Wildman–Crippen MR) is 71.9 cm³/mol. The van der Waals surface area contributed by atoms with Crippen LogP contribution in [-0.2, 0) is 12.1 Å². The highest BCUT2D eigenvalue weighted by atomic mass is 16.5. The van der Waals surface area contributed by atoms with Crippen molar-refractivity contribution < 1.29 is 9.26 Å². The lowest BCUT2D eigenvalue weighted by molar-refractivity contribution is 0.176. The molecule has 1 aliphatic carbocycles. The number of nitrogens with one attached hydrogen (secondary N) is 1. The van der Waals surface area contributed by atoms with E-state index in [2.05, 4.69) is 40.8 Å². The number of hydrogen-bond donors (Lipinski definition) is 1. The van der Waals surface area contributed by atoms with E-state index in [4.69, 9.17) is 9.26 Å². The highest BCUT2D eigenvalue weighted by Crippen LogP contribution is 2.41. The van der Waals surface area contributed by atoms with Gasteiger partial charge in [-0.2, -0.15) is 0 Å². The SMILES string of the molecule is COc1cc(CNC2(c3ccccc3)CCC2)on1. The number of ether oxygens (including phenoxy) is 1. The molecule has 1 heterocycles. The third kappa shape index (κ3) is 2.36. The molecule has 2 aromatic rings. The van der Waals surface area contributed by atoms with E-state index in [1.54, 1.807) is 7.11 Å². The van der Waals surface area contributed by atoms with Gasteiger partial charge in [-0.3, -0.25) is 0 Å². The standard InChI is InChI=1S/C15H18N2O2/c1-18-14-10-13(19-17-14)11-16-15(8-5-9-15)12-6-3-2-4-7-12/h2-4,6-7,10,16H,5,8-9,11H2,1H3. The molecule has 0 saturated heterocycles. The molecule has 1 N–H and O–H groups in total. The lowest BCUT2D eigenvalue weighted by Gasteiger charge is -2.43. The molecular weight excluding hydrogens is 240 g/mol. The Kier molecular flexibility index (Phi) is 3.25. The van der Waals surface area contributed by atoms with E-state index >= 15 is 0 Å². The zero-order chi connectivity index (χ0) is 13.1. The van der Waals surface area contributed by atoms with Gasteiger partial charge in [-0.15, -0.1) is 0 Å². The quantitative estimate of drug-likeness (QED) is 0.895. The molecule has 1 saturated carbocycles. The minimum atomic E-state index is 0.0985. The summed E-state index contributed by atoms with van der Waals surface area (Å²) in [6, 6.07) is 12.4. The Morgan fingerprint density at radius 2 is 2.11 bits per heavy atom. The Balaban J connectivity index is 1.70. The van der Waals surface area contributed by atoms with Gasteiger partial charge < -0.3 is 14.6 Å². The number of aromatic nitrogens is 1. The molecule has 3 rings (SSSR count). The Labute approximate surface area is 112 Å². The molecule has 0 aliphatic heterocycles. The van der Waals surface area contributed by atoms with Gasteiger partial charge in [0.15, 0.2) is 5.76 Å². The summed E-state index contributed by atoms with van der Waals surface area (Å²) in [5.41, 5.74) is 1.45. The Morgan fingerprint density at radius 3 is 2.68 bits per heavy atom. The molecule has 19 heavy (non-hydrogen) atoms. The Morgan fingerprint density at radius 1 is 1.32 bits per heavy atom. The first kappa shape index (κ1) is 12.2. The molecule has 1 aromatic carbocycles. The highest BCUT2D eigenvalue weighted by molar-refractivity contribution is 5.27. The van der Waals surface area contributed by atoms with Crippen LogP contribution in [0.5, 0.6) is 5.88 Å². The molecule has 0 spiro atoms. The van der Waals surface area contributed by atoms with Crippen LogP contribution in [-0.4, -0.2) is 12.3 Å². The maximum Gasteiger partial charge on any atom is 0.254 e. The molecule has 1 aliphatic rings. The van der Waals surface area contributed by atoms with Gasteiger partial charge in [-0.25, -0.2) is 0 Å². The van der Waals surface area contributed by atoms with Crippen molar-refractivity contribution in [1.82, 2.24) is 10.5 Å². The lowest BCUT2D eigenvalue weighted by Crippen LogP contribution is -2.47. The predicted octanol–water partition coefficient (Wildman–Crippen LogP) is 2.85. The van der Waals surface area contributed by atoms with Crippen molar-refractivity contribution in [1.29, 1.82) is 0 Å². The summed E-state index contributed by atoms with van der Waals surface area (Å²) in [6.07, 6.45) is 3.60. The van der Waals surface area contributed by atoms with Crippen LogP contribution in [0.25, 0.3) is 0 Å². The number of benzene rings is 1. The first-order valence-corrected chi connectivity index (χ1v) is 6.62. The summed E-state index contributed by atoms with van der Waals surface area (Å²) in [4.78, 5) is 0. The fraction of sp³-hybridized carbons (Fsp3) is 0.400. The monoisotopic (exact) mass is 258 g/mol. The minimum absolute atomic E-state index is 0.0985. The second-order valence-electron chi connectivity index (χ2n) is 4.99. The maximum atomic E-state index is 5.22. The van der Waals surface area contributed by atoms with E-state index in [1.165, 1.54) is 24.8 Å². The van der Waals surface area contributed by atoms with E-state index < -0.39 is 0 Å². The van der Waals surface area contributed by atoms with E-state index in [-0.39, 0.29) is 5.54 Å². The largest absolute Gasteiger partial charge is 0.479 e. The van der Waals surface area contributed by atoms with Gasteiger partial charge in [0, 0.05) is 11.6 Å². The van der Waals surface area contributed by atoms with Crippen molar-refractivity contribution in [3.63, 3.8) is 0 Å². The second-order valence-corrected chi connectivity index (χ2v) is 4.99. The van der Waals surface area contributed by atoms with Crippen molar-refractivity contribution in [2.45, 2.75) is 31.3 Å². The number of methoxy groups -OCH3 is 1. The van der Waals surface area contributed by atoms with Crippen LogP contribution in [0.4, 0.5) is 0 Å². The Bertz CT molecular complexity index is 532. The van der Waals surface area contributed by atoms with E-state index in [0.29, 0.717) is 12.4 Å². The van der Waals surface area contributed by atoms with Crippen LogP contribution >= 0.6 is 0 Å². The summed E-state index contributed by atoms with van der Waals surface area (Å²) in [7, 11) is 1.59. The van der Waals surface area contributed by atoms with E-state index in [0.717, 1.165) is 5.76 Å². The van der Waals surface area contributed by atoms with E-state index in [1.807, 2.05) is 6.07 Å². The van der Waals surface area contributed by atoms with Crippen molar-refractivity contribution in [3.05, 3.63) is 47.7 Å². The molecule has 1 aromatic heterocycles. The first-order chi connectivity index (χ1) is 9.32. The molecule has 0 unspecified atom stereocenters. The molecule has 0 radical (unpaired) electrons. The van der Waals surface area contributed by atoms with Gasteiger partial charge in [0.25, 0.3) is 5.88 Å². The van der Waals surface area contributed by atoms with Gasteiger partial charge in [0.1, 0.15) is 0 Å². The van der Waals surface area contributed by atoms with Crippen molar-refractivity contribution in [2.24, 2.45) is 0 Å². The zero-order valence-corrected chi connectivity index (χ0v) is 11.1. The smallest absolute Gasteiger partial charge is 0.254 e.